The minimum Gasteiger partial charge on any atom is -0.316 e. The van der Waals surface area contributed by atoms with E-state index >= 15 is 0 Å². The van der Waals surface area contributed by atoms with Crippen molar-refractivity contribution in [1.82, 2.24) is 10.3 Å². The number of aromatic nitrogens is 1. The van der Waals surface area contributed by atoms with Crippen LogP contribution >= 0.6 is 0 Å². The normalized spacial score (nSPS) is 21.7. The van der Waals surface area contributed by atoms with Gasteiger partial charge in [-0.15, -0.1) is 0 Å². The maximum Gasteiger partial charge on any atom is 0.138 e. The molecule has 1 N–H and O–H groups in total. The molecule has 1 fully saturated rings. The lowest BCUT2D eigenvalue weighted by Crippen LogP contribution is -2.37. The number of rotatable bonds is 2. The van der Waals surface area contributed by atoms with Crippen LogP contribution in [0.3, 0.4) is 0 Å². The van der Waals surface area contributed by atoms with Crippen LogP contribution < -0.4 is 5.32 Å². The van der Waals surface area contributed by atoms with Crippen LogP contribution in [0.2, 0.25) is 0 Å². The SMILES string of the molecule is Cc1cncc(CC2CNCCC2=O)c1. The number of hydrogen-bond donors (Lipinski definition) is 1. The maximum absolute atomic E-state index is 11.6. The van der Waals surface area contributed by atoms with Crippen molar-refractivity contribution in [1.29, 1.82) is 0 Å². The van der Waals surface area contributed by atoms with Gasteiger partial charge in [0.2, 0.25) is 0 Å². The summed E-state index contributed by atoms with van der Waals surface area (Å²) < 4.78 is 0. The fraction of sp³-hybridized carbons (Fsp3) is 0.500. The zero-order valence-corrected chi connectivity index (χ0v) is 8.99. The van der Waals surface area contributed by atoms with Gasteiger partial charge >= 0.3 is 0 Å². The maximum atomic E-state index is 11.6. The van der Waals surface area contributed by atoms with E-state index in [9.17, 15) is 4.79 Å². The fourth-order valence-corrected chi connectivity index (χ4v) is 2.01. The number of nitrogens with zero attached hydrogens (tertiary/aromatic N) is 1. The molecule has 0 radical (unpaired) electrons. The first-order valence-corrected chi connectivity index (χ1v) is 5.39. The lowest BCUT2D eigenvalue weighted by Gasteiger charge is -2.21. The molecule has 15 heavy (non-hydrogen) atoms. The summed E-state index contributed by atoms with van der Waals surface area (Å²) in [6.45, 7) is 3.67. The molecule has 3 nitrogen and oxygen atoms in total. The number of aryl methyl sites for hydroxylation is 1. The predicted octanol–water partition coefficient (Wildman–Crippen LogP) is 1.11. The van der Waals surface area contributed by atoms with Crippen LogP contribution in [0.5, 0.6) is 0 Å². The minimum absolute atomic E-state index is 0.141. The van der Waals surface area contributed by atoms with Crippen molar-refractivity contribution in [3.8, 4) is 0 Å². The van der Waals surface area contributed by atoms with E-state index in [0.29, 0.717) is 12.2 Å². The van der Waals surface area contributed by atoms with E-state index in [1.807, 2.05) is 19.3 Å². The fourth-order valence-electron chi connectivity index (χ4n) is 2.01. The number of hydrogen-bond acceptors (Lipinski definition) is 3. The van der Waals surface area contributed by atoms with Gasteiger partial charge in [0.25, 0.3) is 0 Å². The van der Waals surface area contributed by atoms with E-state index in [-0.39, 0.29) is 5.92 Å². The molecule has 0 spiro atoms. The Morgan fingerprint density at radius 2 is 2.40 bits per heavy atom. The van der Waals surface area contributed by atoms with E-state index in [1.54, 1.807) is 0 Å². The Morgan fingerprint density at radius 1 is 1.53 bits per heavy atom. The number of Topliss-reactive ketones (excluding diaryl/α,β-unsaturated/α-hetero) is 1. The van der Waals surface area contributed by atoms with Gasteiger partial charge in [-0.2, -0.15) is 0 Å². The number of carbonyl (C=O) groups excluding carboxylic acids is 1. The quantitative estimate of drug-likeness (QED) is 0.784. The second-order valence-electron chi connectivity index (χ2n) is 4.19. The zero-order valence-electron chi connectivity index (χ0n) is 8.99. The average Bonchev–Trinajstić information content (AvgIpc) is 2.22. The van der Waals surface area contributed by atoms with Crippen LogP contribution in [0, 0.1) is 12.8 Å². The number of pyridine rings is 1. The van der Waals surface area contributed by atoms with Crippen molar-refractivity contribution in [2.75, 3.05) is 13.1 Å². The first-order chi connectivity index (χ1) is 7.25. The molecule has 0 bridgehead atoms. The van der Waals surface area contributed by atoms with E-state index in [4.69, 9.17) is 0 Å². The Hall–Kier alpha value is -1.22. The van der Waals surface area contributed by atoms with Gasteiger partial charge in [-0.05, 0) is 24.5 Å². The van der Waals surface area contributed by atoms with Crippen molar-refractivity contribution in [2.24, 2.45) is 5.92 Å². The van der Waals surface area contributed by atoms with Crippen molar-refractivity contribution in [3.63, 3.8) is 0 Å². The highest BCUT2D eigenvalue weighted by atomic mass is 16.1. The lowest BCUT2D eigenvalue weighted by atomic mass is 9.91. The zero-order chi connectivity index (χ0) is 10.7. The van der Waals surface area contributed by atoms with Gasteiger partial charge in [0.05, 0.1) is 0 Å². The van der Waals surface area contributed by atoms with Crippen molar-refractivity contribution < 1.29 is 4.79 Å². The minimum atomic E-state index is 0.141. The predicted molar refractivity (Wildman–Crippen MR) is 58.7 cm³/mol. The Morgan fingerprint density at radius 3 is 3.13 bits per heavy atom. The Labute approximate surface area is 89.9 Å². The smallest absolute Gasteiger partial charge is 0.138 e. The first kappa shape index (κ1) is 10.3. The highest BCUT2D eigenvalue weighted by Gasteiger charge is 2.21. The highest BCUT2D eigenvalue weighted by molar-refractivity contribution is 5.82. The molecule has 1 unspecified atom stereocenters. The van der Waals surface area contributed by atoms with Crippen LogP contribution in [-0.2, 0) is 11.2 Å². The molecule has 1 saturated heterocycles. The molecule has 1 aliphatic rings. The topological polar surface area (TPSA) is 42.0 Å². The number of ketones is 1. The Bertz CT molecular complexity index is 362. The second-order valence-corrected chi connectivity index (χ2v) is 4.19. The summed E-state index contributed by atoms with van der Waals surface area (Å²) in [6.07, 6.45) is 5.18. The monoisotopic (exact) mass is 204 g/mol. The number of piperidine rings is 1. The molecule has 1 aromatic rings. The average molecular weight is 204 g/mol. The lowest BCUT2D eigenvalue weighted by molar-refractivity contribution is -0.123. The molecule has 3 heteroatoms. The van der Waals surface area contributed by atoms with Gasteiger partial charge < -0.3 is 5.32 Å². The summed E-state index contributed by atoms with van der Waals surface area (Å²) >= 11 is 0. The molecule has 1 atom stereocenters. The van der Waals surface area contributed by atoms with E-state index < -0.39 is 0 Å². The van der Waals surface area contributed by atoms with Gasteiger partial charge in [0, 0.05) is 37.8 Å². The molecular formula is C12H16N2O. The third kappa shape index (κ3) is 2.63. The van der Waals surface area contributed by atoms with Gasteiger partial charge in [0.15, 0.2) is 0 Å². The number of carbonyl (C=O) groups is 1. The number of nitrogens with one attached hydrogen (secondary N) is 1. The molecule has 0 amide bonds. The van der Waals surface area contributed by atoms with Crippen LogP contribution in [0.1, 0.15) is 17.5 Å². The Kier molecular flexibility index (Phi) is 3.11. The largest absolute Gasteiger partial charge is 0.316 e. The Balaban J connectivity index is 2.04. The van der Waals surface area contributed by atoms with Crippen LogP contribution in [0.25, 0.3) is 0 Å². The first-order valence-electron chi connectivity index (χ1n) is 5.39. The molecule has 80 valence electrons. The summed E-state index contributed by atoms with van der Waals surface area (Å²) in [6, 6.07) is 2.11. The summed E-state index contributed by atoms with van der Waals surface area (Å²) in [7, 11) is 0. The van der Waals surface area contributed by atoms with Gasteiger partial charge in [-0.3, -0.25) is 9.78 Å². The van der Waals surface area contributed by atoms with Crippen LogP contribution in [-0.4, -0.2) is 23.9 Å². The van der Waals surface area contributed by atoms with E-state index in [2.05, 4.69) is 16.4 Å². The molecule has 0 aromatic carbocycles. The molecule has 1 aliphatic heterocycles. The van der Waals surface area contributed by atoms with Gasteiger partial charge in [-0.1, -0.05) is 6.07 Å². The highest BCUT2D eigenvalue weighted by Crippen LogP contribution is 2.13. The molecule has 2 heterocycles. The molecular weight excluding hydrogens is 188 g/mol. The van der Waals surface area contributed by atoms with Crippen LogP contribution in [0.15, 0.2) is 18.5 Å². The molecule has 2 rings (SSSR count). The summed E-state index contributed by atoms with van der Waals surface area (Å²) in [5, 5.41) is 3.26. The van der Waals surface area contributed by atoms with Crippen molar-refractivity contribution >= 4 is 5.78 Å². The van der Waals surface area contributed by atoms with Gasteiger partial charge in [-0.25, -0.2) is 0 Å². The van der Waals surface area contributed by atoms with Crippen LogP contribution in [0.4, 0.5) is 0 Å². The third-order valence-corrected chi connectivity index (χ3v) is 2.81. The summed E-state index contributed by atoms with van der Waals surface area (Å²) in [5.74, 6) is 0.526. The molecule has 1 aromatic heterocycles. The van der Waals surface area contributed by atoms with E-state index in [1.165, 1.54) is 0 Å². The standard InChI is InChI=1S/C12H16N2O/c1-9-4-10(7-14-6-9)5-11-8-13-3-2-12(11)15/h4,6-7,11,13H,2-3,5,8H2,1H3. The second kappa shape index (κ2) is 4.53. The summed E-state index contributed by atoms with van der Waals surface area (Å²) in [4.78, 5) is 15.8. The molecule has 0 saturated carbocycles. The van der Waals surface area contributed by atoms with E-state index in [0.717, 1.165) is 30.6 Å². The third-order valence-electron chi connectivity index (χ3n) is 2.81. The molecule has 0 aliphatic carbocycles. The van der Waals surface area contributed by atoms with Crippen molar-refractivity contribution in [3.05, 3.63) is 29.6 Å². The van der Waals surface area contributed by atoms with Crippen molar-refractivity contribution in [2.45, 2.75) is 19.8 Å². The summed E-state index contributed by atoms with van der Waals surface area (Å²) in [5.41, 5.74) is 2.32. The van der Waals surface area contributed by atoms with Gasteiger partial charge in [0.1, 0.15) is 5.78 Å².